The number of ether oxygens (including phenoxy) is 2. The first-order chi connectivity index (χ1) is 15.4. The van der Waals surface area contributed by atoms with Gasteiger partial charge in [0.1, 0.15) is 6.61 Å². The van der Waals surface area contributed by atoms with E-state index < -0.39 is 0 Å². The SMILES string of the molecule is COc1cc(/C=N\NC(=O)CSc2ccc(Cl)cc2)cc(I)c1OCc1cccc(C)c1. The maximum absolute atomic E-state index is 12.0. The van der Waals surface area contributed by atoms with Crippen molar-refractivity contribution in [3.05, 3.63) is 85.9 Å². The molecule has 0 fully saturated rings. The van der Waals surface area contributed by atoms with Crippen LogP contribution in [0.5, 0.6) is 11.5 Å². The Kier molecular flexibility index (Phi) is 9.25. The number of benzene rings is 3. The van der Waals surface area contributed by atoms with E-state index in [1.165, 1.54) is 17.3 Å². The molecule has 5 nitrogen and oxygen atoms in total. The molecule has 0 aliphatic heterocycles. The number of thioether (sulfide) groups is 1. The van der Waals surface area contributed by atoms with Crippen LogP contribution in [-0.2, 0) is 11.4 Å². The Hall–Kier alpha value is -2.23. The van der Waals surface area contributed by atoms with Gasteiger partial charge in [0.25, 0.3) is 0 Å². The molecule has 0 aliphatic carbocycles. The number of aryl methyl sites for hydroxylation is 1. The number of nitrogens with zero attached hydrogens (tertiary/aromatic N) is 1. The van der Waals surface area contributed by atoms with Gasteiger partial charge in [-0.2, -0.15) is 5.10 Å². The molecule has 0 atom stereocenters. The van der Waals surface area contributed by atoms with E-state index in [1.807, 2.05) is 36.4 Å². The molecule has 0 heterocycles. The largest absolute Gasteiger partial charge is 0.493 e. The van der Waals surface area contributed by atoms with Crippen LogP contribution in [0.1, 0.15) is 16.7 Å². The molecule has 0 aromatic heterocycles. The van der Waals surface area contributed by atoms with Crippen molar-refractivity contribution in [3.63, 3.8) is 0 Å². The third kappa shape index (κ3) is 7.43. The lowest BCUT2D eigenvalue weighted by Gasteiger charge is -2.14. The highest BCUT2D eigenvalue weighted by Gasteiger charge is 2.12. The highest BCUT2D eigenvalue weighted by atomic mass is 127. The van der Waals surface area contributed by atoms with Gasteiger partial charge in [0, 0.05) is 9.92 Å². The second-order valence-corrected chi connectivity index (χ2v) is 9.49. The van der Waals surface area contributed by atoms with Crippen molar-refractivity contribution in [2.75, 3.05) is 12.9 Å². The van der Waals surface area contributed by atoms with Crippen LogP contribution in [0.25, 0.3) is 0 Å². The van der Waals surface area contributed by atoms with Crippen LogP contribution in [0.3, 0.4) is 0 Å². The van der Waals surface area contributed by atoms with Crippen LogP contribution in [0.15, 0.2) is 70.7 Å². The van der Waals surface area contributed by atoms with Gasteiger partial charge in [-0.3, -0.25) is 4.79 Å². The molecule has 0 aliphatic rings. The quantitative estimate of drug-likeness (QED) is 0.144. The monoisotopic (exact) mass is 580 g/mol. The van der Waals surface area contributed by atoms with Gasteiger partial charge in [-0.25, -0.2) is 5.43 Å². The molecule has 3 rings (SSSR count). The lowest BCUT2D eigenvalue weighted by Crippen LogP contribution is -2.19. The zero-order valence-corrected chi connectivity index (χ0v) is 21.3. The molecule has 0 saturated heterocycles. The fraction of sp³-hybridized carbons (Fsp3) is 0.167. The Balaban J connectivity index is 1.57. The molecule has 8 heteroatoms. The van der Waals surface area contributed by atoms with E-state index in [4.69, 9.17) is 21.1 Å². The minimum absolute atomic E-state index is 0.194. The first-order valence-corrected chi connectivity index (χ1v) is 12.1. The van der Waals surface area contributed by atoms with Gasteiger partial charge >= 0.3 is 0 Å². The number of carbonyl (C=O) groups excluding carboxylic acids is 1. The lowest BCUT2D eigenvalue weighted by atomic mass is 10.1. The minimum Gasteiger partial charge on any atom is -0.493 e. The molecule has 0 radical (unpaired) electrons. The summed E-state index contributed by atoms with van der Waals surface area (Å²) < 4.78 is 12.4. The average molecular weight is 581 g/mol. The summed E-state index contributed by atoms with van der Waals surface area (Å²) in [7, 11) is 1.60. The number of hydrogen-bond acceptors (Lipinski definition) is 5. The van der Waals surface area contributed by atoms with Crippen LogP contribution < -0.4 is 14.9 Å². The fourth-order valence-electron chi connectivity index (χ4n) is 2.80. The van der Waals surface area contributed by atoms with E-state index in [0.29, 0.717) is 23.1 Å². The number of nitrogens with one attached hydrogen (secondary N) is 1. The summed E-state index contributed by atoms with van der Waals surface area (Å²) in [6.45, 7) is 2.50. The summed E-state index contributed by atoms with van der Waals surface area (Å²) in [6.07, 6.45) is 1.58. The molecule has 0 unspecified atom stereocenters. The Morgan fingerprint density at radius 3 is 2.69 bits per heavy atom. The van der Waals surface area contributed by atoms with E-state index in [-0.39, 0.29) is 11.7 Å². The van der Waals surface area contributed by atoms with Crippen LogP contribution in [0.4, 0.5) is 0 Å². The first kappa shape index (κ1) is 24.4. The van der Waals surface area contributed by atoms with Crippen LogP contribution >= 0.6 is 46.0 Å². The Labute approximate surface area is 210 Å². The van der Waals surface area contributed by atoms with Crippen molar-refractivity contribution in [2.24, 2.45) is 5.10 Å². The van der Waals surface area contributed by atoms with E-state index in [9.17, 15) is 4.79 Å². The zero-order valence-electron chi connectivity index (χ0n) is 17.6. The molecule has 1 N–H and O–H groups in total. The molecule has 0 spiro atoms. The Morgan fingerprint density at radius 2 is 1.97 bits per heavy atom. The number of amides is 1. The topological polar surface area (TPSA) is 59.9 Å². The molecule has 3 aromatic carbocycles. The highest BCUT2D eigenvalue weighted by molar-refractivity contribution is 14.1. The maximum Gasteiger partial charge on any atom is 0.250 e. The summed E-state index contributed by atoms with van der Waals surface area (Å²) in [5.41, 5.74) is 5.62. The third-order valence-corrected chi connectivity index (χ3v) is 6.37. The molecular weight excluding hydrogens is 559 g/mol. The first-order valence-electron chi connectivity index (χ1n) is 9.71. The highest BCUT2D eigenvalue weighted by Crippen LogP contribution is 2.34. The molecule has 166 valence electrons. The number of hydrogen-bond donors (Lipinski definition) is 1. The number of rotatable bonds is 9. The molecule has 0 saturated carbocycles. The predicted molar refractivity (Wildman–Crippen MR) is 139 cm³/mol. The predicted octanol–water partition coefficient (Wildman–Crippen LogP) is 6.08. The molecule has 3 aromatic rings. The van der Waals surface area contributed by atoms with Gasteiger partial charge in [-0.15, -0.1) is 11.8 Å². The summed E-state index contributed by atoms with van der Waals surface area (Å²) in [6, 6.07) is 19.3. The van der Waals surface area contributed by atoms with Gasteiger partial charge in [-0.05, 0) is 77.0 Å². The van der Waals surface area contributed by atoms with Gasteiger partial charge in [-0.1, -0.05) is 41.4 Å². The molecule has 1 amide bonds. The van der Waals surface area contributed by atoms with Crippen LogP contribution in [0.2, 0.25) is 5.02 Å². The van der Waals surface area contributed by atoms with Crippen LogP contribution in [0, 0.1) is 10.5 Å². The lowest BCUT2D eigenvalue weighted by molar-refractivity contribution is -0.118. The summed E-state index contributed by atoms with van der Waals surface area (Å²) in [5, 5.41) is 4.73. The number of carbonyl (C=O) groups is 1. The normalized spacial score (nSPS) is 10.9. The van der Waals surface area contributed by atoms with Crippen LogP contribution in [-0.4, -0.2) is 25.0 Å². The summed E-state index contributed by atoms with van der Waals surface area (Å²) >= 11 is 9.49. The number of methoxy groups -OCH3 is 1. The van der Waals surface area contributed by atoms with Crippen molar-refractivity contribution in [3.8, 4) is 11.5 Å². The van der Waals surface area contributed by atoms with Crippen molar-refractivity contribution < 1.29 is 14.3 Å². The maximum atomic E-state index is 12.0. The van der Waals surface area contributed by atoms with Gasteiger partial charge in [0.15, 0.2) is 11.5 Å². The fourth-order valence-corrected chi connectivity index (χ4v) is 4.40. The van der Waals surface area contributed by atoms with Gasteiger partial charge in [0.2, 0.25) is 5.91 Å². The van der Waals surface area contributed by atoms with Gasteiger partial charge < -0.3 is 9.47 Å². The molecule has 32 heavy (non-hydrogen) atoms. The zero-order chi connectivity index (χ0) is 22.9. The smallest absolute Gasteiger partial charge is 0.250 e. The second-order valence-electron chi connectivity index (χ2n) is 6.85. The minimum atomic E-state index is -0.194. The van der Waals surface area contributed by atoms with E-state index in [0.717, 1.165) is 19.6 Å². The molecule has 0 bridgehead atoms. The second kappa shape index (κ2) is 12.1. The van der Waals surface area contributed by atoms with E-state index in [2.05, 4.69) is 52.2 Å². The summed E-state index contributed by atoms with van der Waals surface area (Å²) in [4.78, 5) is 13.0. The van der Waals surface area contributed by atoms with Gasteiger partial charge in [0.05, 0.1) is 22.6 Å². The van der Waals surface area contributed by atoms with Crippen molar-refractivity contribution in [2.45, 2.75) is 18.4 Å². The third-order valence-electron chi connectivity index (χ3n) is 4.30. The van der Waals surface area contributed by atoms with E-state index in [1.54, 1.807) is 25.5 Å². The average Bonchev–Trinajstić information content (AvgIpc) is 2.77. The standard InChI is InChI=1S/C24H22ClIN2O3S/c1-16-4-3-5-17(10-16)14-31-24-21(26)11-18(12-22(24)30-2)13-27-28-23(29)15-32-20-8-6-19(25)7-9-20/h3-13H,14-15H2,1-2H3,(H,28,29)/b27-13-. The number of hydrazone groups is 1. The Bertz CT molecular complexity index is 1110. The van der Waals surface area contributed by atoms with Crippen molar-refractivity contribution in [1.29, 1.82) is 0 Å². The van der Waals surface area contributed by atoms with Crippen molar-refractivity contribution in [1.82, 2.24) is 5.43 Å². The van der Waals surface area contributed by atoms with E-state index >= 15 is 0 Å². The molecular formula is C24H22ClIN2O3S. The number of halogens is 2. The Morgan fingerprint density at radius 1 is 1.19 bits per heavy atom. The summed E-state index contributed by atoms with van der Waals surface area (Å²) in [5.74, 6) is 1.35. The van der Waals surface area contributed by atoms with Crippen molar-refractivity contribution >= 4 is 58.1 Å².